The molecule has 0 fully saturated rings. The van der Waals surface area contributed by atoms with Crippen LogP contribution in [0.2, 0.25) is 5.02 Å². The molecule has 1 heterocycles. The van der Waals surface area contributed by atoms with Crippen LogP contribution in [0.25, 0.3) is 33.1 Å². The van der Waals surface area contributed by atoms with Crippen LogP contribution < -0.4 is 0 Å². The quantitative estimate of drug-likeness (QED) is 0.371. The van der Waals surface area contributed by atoms with Crippen LogP contribution in [0.15, 0.2) is 71.1 Å². The Morgan fingerprint density at radius 1 is 0.682 bits per heavy atom. The maximum atomic E-state index is 5.94. The van der Waals surface area contributed by atoms with Crippen molar-refractivity contribution in [1.29, 1.82) is 0 Å². The fourth-order valence-corrected chi connectivity index (χ4v) is 2.67. The first kappa shape index (κ1) is 14.7. The Kier molecular flexibility index (Phi) is 4.17. The molecular weight excluding hydrogens is 292 g/mol. The first-order valence-electron chi connectivity index (χ1n) is 7.48. The van der Waals surface area contributed by atoms with Crippen molar-refractivity contribution in [2.45, 2.75) is 13.8 Å². The van der Waals surface area contributed by atoms with Crippen molar-refractivity contribution in [3.05, 3.63) is 71.8 Å². The van der Waals surface area contributed by atoms with Gasteiger partial charge in [0.1, 0.15) is 11.2 Å². The van der Waals surface area contributed by atoms with Crippen LogP contribution in [0.3, 0.4) is 0 Å². The summed E-state index contributed by atoms with van der Waals surface area (Å²) in [4.78, 5) is 0. The van der Waals surface area contributed by atoms with Crippen LogP contribution in [0, 0.1) is 0 Å². The van der Waals surface area contributed by atoms with E-state index < -0.39 is 0 Å². The van der Waals surface area contributed by atoms with E-state index in [2.05, 4.69) is 18.2 Å². The molecular formula is C20H17ClO. The van der Waals surface area contributed by atoms with Crippen molar-refractivity contribution >= 4 is 33.5 Å². The second-order valence-corrected chi connectivity index (χ2v) is 5.25. The molecule has 1 aromatic heterocycles. The average Bonchev–Trinajstić information content (AvgIpc) is 2.95. The van der Waals surface area contributed by atoms with E-state index in [9.17, 15) is 0 Å². The number of benzene rings is 3. The van der Waals surface area contributed by atoms with E-state index in [0.717, 1.165) is 32.5 Å². The molecule has 0 saturated heterocycles. The Labute approximate surface area is 135 Å². The third kappa shape index (κ3) is 2.60. The topological polar surface area (TPSA) is 13.1 Å². The molecule has 0 unspecified atom stereocenters. The fraction of sp³-hybridized carbons (Fsp3) is 0.100. The molecule has 0 bridgehead atoms. The van der Waals surface area contributed by atoms with E-state index >= 15 is 0 Å². The Morgan fingerprint density at radius 2 is 1.32 bits per heavy atom. The van der Waals surface area contributed by atoms with E-state index in [-0.39, 0.29) is 0 Å². The lowest BCUT2D eigenvalue weighted by Crippen LogP contribution is -1.77. The molecule has 22 heavy (non-hydrogen) atoms. The molecule has 110 valence electrons. The Morgan fingerprint density at radius 3 is 2.09 bits per heavy atom. The average molecular weight is 309 g/mol. The van der Waals surface area contributed by atoms with Gasteiger partial charge >= 0.3 is 0 Å². The molecule has 4 rings (SSSR count). The third-order valence-corrected chi connectivity index (χ3v) is 3.81. The lowest BCUT2D eigenvalue weighted by Gasteiger charge is -2.01. The molecule has 0 atom stereocenters. The van der Waals surface area contributed by atoms with Crippen molar-refractivity contribution in [2.24, 2.45) is 0 Å². The van der Waals surface area contributed by atoms with E-state index in [0.29, 0.717) is 0 Å². The first-order chi connectivity index (χ1) is 10.8. The lowest BCUT2D eigenvalue weighted by molar-refractivity contribution is 0.669. The van der Waals surface area contributed by atoms with Gasteiger partial charge in [0.05, 0.1) is 0 Å². The molecule has 0 spiro atoms. The highest BCUT2D eigenvalue weighted by Gasteiger charge is 2.07. The summed E-state index contributed by atoms with van der Waals surface area (Å²) in [6.45, 7) is 4.00. The zero-order valence-corrected chi connectivity index (χ0v) is 13.4. The lowest BCUT2D eigenvalue weighted by atomic mass is 10.0. The van der Waals surface area contributed by atoms with Gasteiger partial charge in [-0.05, 0) is 41.5 Å². The molecule has 0 aliphatic carbocycles. The summed E-state index contributed by atoms with van der Waals surface area (Å²) in [5, 5.41) is 3.05. The highest BCUT2D eigenvalue weighted by atomic mass is 35.5. The minimum atomic E-state index is 0.753. The number of rotatable bonds is 1. The molecule has 4 aromatic rings. The zero-order chi connectivity index (χ0) is 15.5. The van der Waals surface area contributed by atoms with Crippen molar-refractivity contribution < 1.29 is 4.42 Å². The van der Waals surface area contributed by atoms with E-state index in [1.165, 1.54) is 5.56 Å². The monoisotopic (exact) mass is 308 g/mol. The van der Waals surface area contributed by atoms with E-state index in [1.807, 2.05) is 62.4 Å². The predicted molar refractivity (Wildman–Crippen MR) is 95.5 cm³/mol. The third-order valence-electron chi connectivity index (χ3n) is 3.55. The summed E-state index contributed by atoms with van der Waals surface area (Å²) in [5.41, 5.74) is 4.17. The van der Waals surface area contributed by atoms with Gasteiger partial charge < -0.3 is 4.42 Å². The van der Waals surface area contributed by atoms with Gasteiger partial charge in [-0.1, -0.05) is 61.8 Å². The number of fused-ring (bicyclic) bond motifs is 3. The fourth-order valence-electron chi connectivity index (χ4n) is 2.55. The number of halogens is 1. The standard InChI is InChI=1S/C18H11ClO.C2H6/c19-14-8-5-12(6-9-14)13-7-10-18-16(11-13)15-3-1-2-4-17(15)20-18;1-2/h1-11H;1-2H3. The normalized spacial score (nSPS) is 10.5. The summed E-state index contributed by atoms with van der Waals surface area (Å²) in [7, 11) is 0. The minimum absolute atomic E-state index is 0.753. The van der Waals surface area contributed by atoms with Gasteiger partial charge in [0.2, 0.25) is 0 Å². The second-order valence-electron chi connectivity index (χ2n) is 4.82. The molecule has 0 aliphatic rings. The minimum Gasteiger partial charge on any atom is -0.456 e. The molecule has 0 amide bonds. The van der Waals surface area contributed by atoms with Crippen LogP contribution in [0.4, 0.5) is 0 Å². The first-order valence-corrected chi connectivity index (χ1v) is 7.86. The maximum absolute atomic E-state index is 5.94. The summed E-state index contributed by atoms with van der Waals surface area (Å²) in [5.74, 6) is 0. The highest BCUT2D eigenvalue weighted by molar-refractivity contribution is 6.30. The van der Waals surface area contributed by atoms with Gasteiger partial charge in [-0.15, -0.1) is 0 Å². The van der Waals surface area contributed by atoms with Crippen LogP contribution in [-0.2, 0) is 0 Å². The number of furan rings is 1. The highest BCUT2D eigenvalue weighted by Crippen LogP contribution is 2.32. The Balaban J connectivity index is 0.000000693. The number of para-hydroxylation sites is 1. The molecule has 1 nitrogen and oxygen atoms in total. The molecule has 3 aromatic carbocycles. The van der Waals surface area contributed by atoms with Gasteiger partial charge in [0, 0.05) is 15.8 Å². The van der Waals surface area contributed by atoms with Gasteiger partial charge in [-0.2, -0.15) is 0 Å². The van der Waals surface area contributed by atoms with Gasteiger partial charge in [-0.3, -0.25) is 0 Å². The van der Waals surface area contributed by atoms with Crippen LogP contribution >= 0.6 is 11.6 Å². The number of hydrogen-bond donors (Lipinski definition) is 0. The summed E-state index contributed by atoms with van der Waals surface area (Å²) in [6, 6.07) is 22.3. The van der Waals surface area contributed by atoms with E-state index in [4.69, 9.17) is 16.0 Å². The molecule has 0 radical (unpaired) electrons. The van der Waals surface area contributed by atoms with Crippen molar-refractivity contribution in [3.8, 4) is 11.1 Å². The van der Waals surface area contributed by atoms with Crippen LogP contribution in [0.1, 0.15) is 13.8 Å². The number of hydrogen-bond acceptors (Lipinski definition) is 1. The van der Waals surface area contributed by atoms with Crippen molar-refractivity contribution in [1.82, 2.24) is 0 Å². The van der Waals surface area contributed by atoms with Crippen molar-refractivity contribution in [3.63, 3.8) is 0 Å². The Hall–Kier alpha value is -2.25. The molecule has 0 N–H and O–H groups in total. The van der Waals surface area contributed by atoms with Gasteiger partial charge in [-0.25, -0.2) is 0 Å². The largest absolute Gasteiger partial charge is 0.456 e. The second kappa shape index (κ2) is 6.25. The summed E-state index contributed by atoms with van der Waals surface area (Å²) in [6.07, 6.45) is 0. The van der Waals surface area contributed by atoms with Crippen LogP contribution in [-0.4, -0.2) is 0 Å². The molecule has 0 aliphatic heterocycles. The maximum Gasteiger partial charge on any atom is 0.135 e. The summed E-state index contributed by atoms with van der Waals surface area (Å²) >= 11 is 5.94. The summed E-state index contributed by atoms with van der Waals surface area (Å²) < 4.78 is 5.84. The van der Waals surface area contributed by atoms with E-state index in [1.54, 1.807) is 0 Å². The van der Waals surface area contributed by atoms with Crippen molar-refractivity contribution in [2.75, 3.05) is 0 Å². The predicted octanol–water partition coefficient (Wildman–Crippen LogP) is 6.93. The zero-order valence-electron chi connectivity index (χ0n) is 12.6. The van der Waals surface area contributed by atoms with Crippen LogP contribution in [0.5, 0.6) is 0 Å². The van der Waals surface area contributed by atoms with Gasteiger partial charge in [0.15, 0.2) is 0 Å². The van der Waals surface area contributed by atoms with Gasteiger partial charge in [0.25, 0.3) is 0 Å². The Bertz CT molecular complexity index is 904. The SMILES string of the molecule is CC.Clc1ccc(-c2ccc3oc4ccccc4c3c2)cc1. The molecule has 2 heteroatoms. The molecule has 0 saturated carbocycles. The smallest absolute Gasteiger partial charge is 0.135 e.